The largest absolute Gasteiger partial charge is 0.476 e. The third-order valence-corrected chi connectivity index (χ3v) is 3.17. The van der Waals surface area contributed by atoms with E-state index in [0.717, 1.165) is 0 Å². The van der Waals surface area contributed by atoms with Gasteiger partial charge in [0.2, 0.25) is 11.8 Å². The number of nitrogens with one attached hydrogen (secondary N) is 1. The van der Waals surface area contributed by atoms with Crippen LogP contribution in [0.2, 0.25) is 0 Å². The number of morpholine rings is 1. The first-order valence-electron chi connectivity index (χ1n) is 6.99. The summed E-state index contributed by atoms with van der Waals surface area (Å²) >= 11 is 0. The maximum Gasteiger partial charge on any atom is 0.244 e. The summed E-state index contributed by atoms with van der Waals surface area (Å²) in [4.78, 5) is 22.1. The molecule has 116 valence electrons. The van der Waals surface area contributed by atoms with Gasteiger partial charge in [-0.3, -0.25) is 4.79 Å². The van der Waals surface area contributed by atoms with Crippen molar-refractivity contribution in [2.24, 2.45) is 0 Å². The lowest BCUT2D eigenvalue weighted by molar-refractivity contribution is -0.135. The zero-order valence-electron chi connectivity index (χ0n) is 12.3. The predicted molar refractivity (Wildman–Crippen MR) is 78.1 cm³/mol. The summed E-state index contributed by atoms with van der Waals surface area (Å²) < 4.78 is 10.5. The Labute approximate surface area is 123 Å². The number of nitrogen functional groups attached to an aromatic ring is 1. The number of nitrogens with zero attached hydrogens (tertiary/aromatic N) is 3. The van der Waals surface area contributed by atoms with Gasteiger partial charge in [0.15, 0.2) is 5.82 Å². The topological polar surface area (TPSA) is 103 Å². The number of carbonyl (C=O) groups excluding carboxylic acids is 1. The van der Waals surface area contributed by atoms with Gasteiger partial charge in [-0.25, -0.2) is 4.98 Å². The average molecular weight is 295 g/mol. The second-order valence-electron chi connectivity index (χ2n) is 4.68. The first-order valence-corrected chi connectivity index (χ1v) is 6.99. The highest BCUT2D eigenvalue weighted by Gasteiger charge is 2.23. The Balaban J connectivity index is 2.03. The van der Waals surface area contributed by atoms with Crippen LogP contribution in [0, 0.1) is 0 Å². The van der Waals surface area contributed by atoms with E-state index in [2.05, 4.69) is 15.3 Å². The van der Waals surface area contributed by atoms with Crippen molar-refractivity contribution in [2.45, 2.75) is 19.9 Å². The van der Waals surface area contributed by atoms with Crippen molar-refractivity contribution >= 4 is 17.4 Å². The SMILES string of the molecule is CCOc1ncnc(NC(C)C(=O)N2CCOCC2)c1N. The molecule has 2 heterocycles. The lowest BCUT2D eigenvalue weighted by Crippen LogP contribution is -2.47. The molecule has 0 radical (unpaired) electrons. The number of amides is 1. The molecule has 0 bridgehead atoms. The van der Waals surface area contributed by atoms with Gasteiger partial charge >= 0.3 is 0 Å². The normalized spacial score (nSPS) is 16.4. The second-order valence-corrected chi connectivity index (χ2v) is 4.68. The molecule has 21 heavy (non-hydrogen) atoms. The number of carbonyl (C=O) groups is 1. The highest BCUT2D eigenvalue weighted by Crippen LogP contribution is 2.25. The summed E-state index contributed by atoms with van der Waals surface area (Å²) in [5.74, 6) is 0.720. The number of anilines is 2. The van der Waals surface area contributed by atoms with E-state index in [9.17, 15) is 4.79 Å². The predicted octanol–water partition coefficient (Wildman–Crippen LogP) is 0.117. The molecule has 0 aliphatic carbocycles. The molecule has 0 saturated carbocycles. The van der Waals surface area contributed by atoms with Gasteiger partial charge in [-0.05, 0) is 13.8 Å². The van der Waals surface area contributed by atoms with Crippen LogP contribution in [-0.4, -0.2) is 59.7 Å². The Morgan fingerprint density at radius 2 is 2.24 bits per heavy atom. The van der Waals surface area contributed by atoms with Crippen LogP contribution in [0.1, 0.15) is 13.8 Å². The molecule has 1 aliphatic heterocycles. The summed E-state index contributed by atoms with van der Waals surface area (Å²) in [5.41, 5.74) is 6.25. The molecule has 1 unspecified atom stereocenters. The third kappa shape index (κ3) is 3.72. The van der Waals surface area contributed by atoms with Crippen LogP contribution >= 0.6 is 0 Å². The molecule has 1 fully saturated rings. The summed E-state index contributed by atoms with van der Waals surface area (Å²) in [5, 5.41) is 3.02. The van der Waals surface area contributed by atoms with Crippen LogP contribution < -0.4 is 15.8 Å². The van der Waals surface area contributed by atoms with Crippen molar-refractivity contribution in [3.63, 3.8) is 0 Å². The van der Waals surface area contributed by atoms with Crippen molar-refractivity contribution in [1.29, 1.82) is 0 Å². The third-order valence-electron chi connectivity index (χ3n) is 3.17. The van der Waals surface area contributed by atoms with Crippen molar-refractivity contribution < 1.29 is 14.3 Å². The minimum atomic E-state index is -0.435. The molecule has 1 amide bonds. The van der Waals surface area contributed by atoms with Crippen molar-refractivity contribution in [3.8, 4) is 5.88 Å². The van der Waals surface area contributed by atoms with Crippen LogP contribution in [-0.2, 0) is 9.53 Å². The Morgan fingerprint density at radius 1 is 1.52 bits per heavy atom. The zero-order chi connectivity index (χ0) is 15.2. The van der Waals surface area contributed by atoms with E-state index in [4.69, 9.17) is 15.2 Å². The lowest BCUT2D eigenvalue weighted by atomic mass is 10.2. The summed E-state index contributed by atoms with van der Waals surface area (Å²) in [6.45, 7) is 6.44. The van der Waals surface area contributed by atoms with Gasteiger partial charge in [-0.2, -0.15) is 4.98 Å². The molecular formula is C13H21N5O3. The van der Waals surface area contributed by atoms with Gasteiger partial charge in [0.25, 0.3) is 0 Å². The quantitative estimate of drug-likeness (QED) is 0.795. The Morgan fingerprint density at radius 3 is 2.90 bits per heavy atom. The standard InChI is InChI=1S/C13H21N5O3/c1-3-21-12-10(14)11(15-8-16-12)17-9(2)13(19)18-4-6-20-7-5-18/h8-9H,3-7,14H2,1-2H3,(H,15,16,17). The summed E-state index contributed by atoms with van der Waals surface area (Å²) in [6.07, 6.45) is 1.36. The van der Waals surface area contributed by atoms with E-state index in [1.807, 2.05) is 6.92 Å². The first kappa shape index (κ1) is 15.3. The van der Waals surface area contributed by atoms with E-state index in [-0.39, 0.29) is 5.91 Å². The molecule has 0 spiro atoms. The molecule has 1 atom stereocenters. The molecule has 1 aromatic heterocycles. The number of hydrogen-bond acceptors (Lipinski definition) is 7. The fourth-order valence-corrected chi connectivity index (χ4v) is 2.07. The van der Waals surface area contributed by atoms with E-state index in [1.165, 1.54) is 6.33 Å². The first-order chi connectivity index (χ1) is 10.1. The fraction of sp³-hybridized carbons (Fsp3) is 0.615. The maximum atomic E-state index is 12.3. The highest BCUT2D eigenvalue weighted by molar-refractivity contribution is 5.85. The number of ether oxygens (including phenoxy) is 2. The Kier molecular flexibility index (Phi) is 5.15. The number of hydrogen-bond donors (Lipinski definition) is 2. The number of rotatable bonds is 5. The molecule has 1 aliphatic rings. The van der Waals surface area contributed by atoms with Crippen LogP contribution in [0.5, 0.6) is 5.88 Å². The molecule has 2 rings (SSSR count). The molecule has 3 N–H and O–H groups in total. The highest BCUT2D eigenvalue weighted by atomic mass is 16.5. The van der Waals surface area contributed by atoms with Crippen LogP contribution in [0.4, 0.5) is 11.5 Å². The van der Waals surface area contributed by atoms with Crippen molar-refractivity contribution in [1.82, 2.24) is 14.9 Å². The molecular weight excluding hydrogens is 274 g/mol. The molecule has 8 nitrogen and oxygen atoms in total. The second kappa shape index (κ2) is 7.07. The van der Waals surface area contributed by atoms with E-state index in [0.29, 0.717) is 50.3 Å². The van der Waals surface area contributed by atoms with E-state index < -0.39 is 6.04 Å². The monoisotopic (exact) mass is 295 g/mol. The van der Waals surface area contributed by atoms with Gasteiger partial charge in [0, 0.05) is 13.1 Å². The molecule has 1 saturated heterocycles. The average Bonchev–Trinajstić information content (AvgIpc) is 2.51. The van der Waals surface area contributed by atoms with Crippen molar-refractivity contribution in [2.75, 3.05) is 44.0 Å². The minimum absolute atomic E-state index is 0.00530. The minimum Gasteiger partial charge on any atom is -0.476 e. The van der Waals surface area contributed by atoms with Crippen LogP contribution in [0.3, 0.4) is 0 Å². The number of aromatic nitrogens is 2. The Hall–Kier alpha value is -2.09. The summed E-state index contributed by atoms with van der Waals surface area (Å²) in [6, 6.07) is -0.435. The van der Waals surface area contributed by atoms with Crippen molar-refractivity contribution in [3.05, 3.63) is 6.33 Å². The maximum absolute atomic E-state index is 12.3. The van der Waals surface area contributed by atoms with Gasteiger partial charge < -0.3 is 25.4 Å². The van der Waals surface area contributed by atoms with E-state index in [1.54, 1.807) is 11.8 Å². The van der Waals surface area contributed by atoms with Gasteiger partial charge in [0.1, 0.15) is 18.1 Å². The zero-order valence-corrected chi connectivity index (χ0v) is 12.3. The fourth-order valence-electron chi connectivity index (χ4n) is 2.07. The molecule has 1 aromatic rings. The Bertz CT molecular complexity index is 491. The number of nitrogens with two attached hydrogens (primary N) is 1. The van der Waals surface area contributed by atoms with Crippen LogP contribution in [0.15, 0.2) is 6.33 Å². The summed E-state index contributed by atoms with van der Waals surface area (Å²) in [7, 11) is 0. The van der Waals surface area contributed by atoms with Gasteiger partial charge in [-0.1, -0.05) is 0 Å². The van der Waals surface area contributed by atoms with Gasteiger partial charge in [0.05, 0.1) is 19.8 Å². The smallest absolute Gasteiger partial charge is 0.244 e. The van der Waals surface area contributed by atoms with Gasteiger partial charge in [-0.15, -0.1) is 0 Å². The molecule has 8 heteroatoms. The lowest BCUT2D eigenvalue weighted by Gasteiger charge is -2.29. The van der Waals surface area contributed by atoms with Crippen LogP contribution in [0.25, 0.3) is 0 Å². The molecule has 0 aromatic carbocycles. The van der Waals surface area contributed by atoms with E-state index >= 15 is 0 Å².